The summed E-state index contributed by atoms with van der Waals surface area (Å²) in [4.78, 5) is 144. The second-order valence-electron chi connectivity index (χ2n) is 26.5. The van der Waals surface area contributed by atoms with Crippen LogP contribution in [0.4, 0.5) is 0 Å². The lowest BCUT2D eigenvalue weighted by Gasteiger charge is -2.21. The van der Waals surface area contributed by atoms with Gasteiger partial charge in [-0.1, -0.05) is 172 Å². The summed E-state index contributed by atoms with van der Waals surface area (Å²) in [6, 6.07) is 0. The van der Waals surface area contributed by atoms with E-state index in [9.17, 15) is 62.6 Å². The number of halogens is 1. The molecule has 37 heteroatoms. The highest BCUT2D eigenvalue weighted by atomic mass is 35.5. The molecule has 676 valence electrons. The van der Waals surface area contributed by atoms with E-state index in [2.05, 4.69) is 54.3 Å². The second kappa shape index (κ2) is 66.9. The van der Waals surface area contributed by atoms with Crippen LogP contribution in [0.25, 0.3) is 0 Å². The third-order valence-electron chi connectivity index (χ3n) is 19.0. The number of hydrogen-bond donors (Lipinski definition) is 4. The van der Waals surface area contributed by atoms with Crippen molar-refractivity contribution in [1.29, 1.82) is 0 Å². The number of Topliss-reactive ketones (excluding diaryl/α,β-unsaturated/α-hetero) is 1. The number of carbonyl (C=O) groups excluding carboxylic acids is 11. The molecule has 15 unspecified atom stereocenters. The zero-order valence-electron chi connectivity index (χ0n) is 74.9. The van der Waals surface area contributed by atoms with Crippen molar-refractivity contribution in [2.75, 3.05) is 63.9 Å². The molecule has 35 nitrogen and oxygen atoms in total. The largest absolute Gasteiger partial charge is 0.481 e. The summed E-state index contributed by atoms with van der Waals surface area (Å²) in [6.45, 7) is 35.9. The van der Waals surface area contributed by atoms with E-state index in [1.54, 1.807) is 122 Å². The highest BCUT2D eigenvalue weighted by Gasteiger charge is 2.36. The summed E-state index contributed by atoms with van der Waals surface area (Å²) in [5.74, 6) is -6.78. The normalized spacial score (nSPS) is 16.0. The number of hydroxylamine groups is 2. The zero-order valence-corrected chi connectivity index (χ0v) is 76.5. The Kier molecular flexibility index (Phi) is 66.1. The fourth-order valence-electron chi connectivity index (χ4n) is 9.71. The first-order valence-corrected chi connectivity index (χ1v) is 39.9. The van der Waals surface area contributed by atoms with Crippen molar-refractivity contribution < 1.29 is 125 Å². The van der Waals surface area contributed by atoms with E-state index in [1.807, 2.05) is 61.5 Å². The van der Waals surface area contributed by atoms with Crippen molar-refractivity contribution >= 4 is 112 Å². The van der Waals surface area contributed by atoms with Crippen molar-refractivity contribution in [2.24, 2.45) is 81.3 Å². The fraction of sp³-hybridized carbons (Fsp3) is 0.646. The monoisotopic (exact) mass is 1730 g/mol. The topological polar surface area (TPSA) is 475 Å². The first-order chi connectivity index (χ1) is 56.1. The number of oxime groups is 2. The minimum atomic E-state index is -0.983. The van der Waals surface area contributed by atoms with Crippen LogP contribution in [0, 0.1) is 71.0 Å². The summed E-state index contributed by atoms with van der Waals surface area (Å²) in [7, 11) is 12.1. The number of allylic oxidation sites excluding steroid dienone is 2. The number of fused-ring (bicyclic) bond motifs is 2. The van der Waals surface area contributed by atoms with Gasteiger partial charge in [-0.25, -0.2) is 15.0 Å². The quantitative estimate of drug-likeness (QED) is 0.0108. The number of carbonyl (C=O) groups is 12. The number of esters is 7. The number of ether oxygens (including phenoxy) is 7. The number of carboxylic acids is 1. The van der Waals surface area contributed by atoms with Crippen LogP contribution in [0.5, 0.6) is 0 Å². The second-order valence-corrected chi connectivity index (χ2v) is 27.2. The van der Waals surface area contributed by atoms with Crippen LogP contribution in [-0.4, -0.2) is 207 Å². The number of thiocarbonyl (C=S) groups is 1. The van der Waals surface area contributed by atoms with Crippen molar-refractivity contribution in [3.63, 3.8) is 0 Å². The van der Waals surface area contributed by atoms with Gasteiger partial charge in [-0.3, -0.25) is 66.7 Å². The predicted molar refractivity (Wildman–Crippen MR) is 448 cm³/mol. The van der Waals surface area contributed by atoms with Crippen molar-refractivity contribution in [1.82, 2.24) is 34.5 Å². The molecule has 1 amide bonds. The summed E-state index contributed by atoms with van der Waals surface area (Å²) in [6.07, 6.45) is 22.8. The third-order valence-corrected chi connectivity index (χ3v) is 19.9. The molecule has 0 aromatic carbocycles. The highest BCUT2D eigenvalue weighted by molar-refractivity contribution is 7.80. The zero-order chi connectivity index (χ0) is 93.1. The van der Waals surface area contributed by atoms with E-state index in [0.29, 0.717) is 34.2 Å². The van der Waals surface area contributed by atoms with Crippen LogP contribution in [-0.2, 0) is 104 Å². The molecule has 4 aromatic rings. The van der Waals surface area contributed by atoms with Crippen LogP contribution in [0.15, 0.2) is 69.0 Å². The molecule has 0 radical (unpaired) electrons. The Morgan fingerprint density at radius 2 is 0.941 bits per heavy atom. The van der Waals surface area contributed by atoms with Gasteiger partial charge in [0.05, 0.1) is 133 Å². The number of nitrogens with zero attached hydrogens (tertiary/aromatic N) is 9. The Morgan fingerprint density at radius 1 is 0.546 bits per heavy atom. The first-order valence-electron chi connectivity index (χ1n) is 39.1. The molecular weight excluding hydrogens is 1590 g/mol. The minimum Gasteiger partial charge on any atom is -0.481 e. The minimum absolute atomic E-state index is 0.00731. The smallest absolute Gasteiger partial charge is 0.309 e. The molecule has 15 atom stereocenters. The average molecular weight is 1730 g/mol. The third kappa shape index (κ3) is 42.5. The van der Waals surface area contributed by atoms with Gasteiger partial charge >= 0.3 is 47.8 Å². The summed E-state index contributed by atoms with van der Waals surface area (Å²) in [5.41, 5.74) is 2.65. The molecule has 7 rings (SSSR count). The maximum absolute atomic E-state index is 11.9. The molecule has 0 spiro atoms. The maximum atomic E-state index is 11.9. The Labute approximate surface area is 711 Å². The van der Waals surface area contributed by atoms with Crippen LogP contribution >= 0.6 is 23.8 Å². The molecule has 3 aliphatic carbocycles. The van der Waals surface area contributed by atoms with E-state index >= 15 is 0 Å². The highest BCUT2D eigenvalue weighted by Crippen LogP contribution is 2.38. The summed E-state index contributed by atoms with van der Waals surface area (Å²) in [5, 5.41) is 50.4. The molecular formula is C82H134ClN9O26S. The number of aliphatic hydroxyl groups excluding tert-OH is 1. The molecule has 0 saturated heterocycles. The van der Waals surface area contributed by atoms with Gasteiger partial charge in [0.15, 0.2) is 16.7 Å². The Bertz CT molecular complexity index is 3660. The van der Waals surface area contributed by atoms with E-state index in [0.717, 1.165) is 74.0 Å². The number of ketones is 2. The lowest BCUT2D eigenvalue weighted by atomic mass is 9.85. The number of imidazole rings is 2. The summed E-state index contributed by atoms with van der Waals surface area (Å²) >= 11 is 10.6. The van der Waals surface area contributed by atoms with Crippen molar-refractivity contribution in [3.8, 4) is 0 Å². The molecule has 3 aliphatic rings. The number of methoxy groups -OCH3 is 7. The standard InChI is InChI=1S/C13H19NO4.C13H17NO4.C9H17NO4.C7H12ClNO3.C7H6N4S.C7H13NO3.C7H12O4.C7H12O3.C6H8O.3C2H6/c2*1-7(8(2)13(16)17-3)12-11-9(15)5-4-6-10(11)18-14-12;1-6(7(2)9(12)13-4)8(11)10(3)14-5;1-4(6(8)9-11)5(2)7(10)12-3;12-7(10-3-1-8-5-10)11-4-2-9-6-11;1-5(4-8-10)6(2)7(9)11-3;1-4(6(8)9)5(2)7(10)11-3;1-5(4-8)6(2)7(9)10-3;7-6-4-2-1-3-5-6;3*1-2/h7-9,15H,4-6H2,1-3H3;7-8H,4-6H2,1-3H3;6-7H,1-5H3;4-5,11H,1-3H3;1-6H;4-6,10H,1-3H3;4-5H,1-3H3,(H,8,9);4-6H,1-3H3;2,4H,1,3,5H2;3*1-2H3/b;;;9-6-;;8-4+;;;;;;. The van der Waals surface area contributed by atoms with Gasteiger partial charge in [-0.05, 0) is 50.4 Å². The number of amides is 1. The fourth-order valence-corrected chi connectivity index (χ4v) is 10.1. The predicted octanol–water partition coefficient (Wildman–Crippen LogP) is 13.1. The molecule has 0 saturated carbocycles. The van der Waals surface area contributed by atoms with Gasteiger partial charge in [0, 0.05) is 98.9 Å². The lowest BCUT2D eigenvalue weighted by Crippen LogP contribution is -2.36. The van der Waals surface area contributed by atoms with Gasteiger partial charge in [-0.15, -0.1) is 5.16 Å². The molecule has 0 fully saturated rings. The number of aliphatic carboxylic acids is 1. The average Bonchev–Trinajstić information content (AvgIpc) is 1.66. The molecule has 4 aromatic heterocycles. The van der Waals surface area contributed by atoms with E-state index in [4.69, 9.17) is 62.7 Å². The number of aromatic nitrogens is 6. The molecule has 119 heavy (non-hydrogen) atoms. The molecule has 4 heterocycles. The Hall–Kier alpha value is -9.94. The number of aryl methyl sites for hydroxylation is 2. The maximum Gasteiger partial charge on any atom is 0.309 e. The molecule has 4 N–H and O–H groups in total. The van der Waals surface area contributed by atoms with E-state index in [1.165, 1.54) is 84.0 Å². The SMILES string of the molecule is CC.CC.CC.COC(=O)C(C)C(C)/C(Cl)=N/O.COC(=O)C(C)C(C)/C=N/O.COC(=O)C(C)C(C)C(=O)N(C)OC.COC(=O)C(C)C(C)C(=O)O.COC(=O)C(C)C(C)C=O.COC(=O)C(C)C(C)c1noc2c1C(=O)CCC2.COC(=O)C(C)C(C)c1noc2c1C(O)CCC2.O=C1C=CCCC1.S=C(n1ccnc1)n1ccnc1. The number of carboxylic acid groups (broad SMARTS) is 1. The molecule has 0 bridgehead atoms. The van der Waals surface area contributed by atoms with Crippen LogP contribution < -0.4 is 0 Å². The first kappa shape index (κ1) is 118. The van der Waals surface area contributed by atoms with Gasteiger partial charge in [-0.2, -0.15) is 0 Å². The van der Waals surface area contributed by atoms with Gasteiger partial charge in [0.2, 0.25) is 5.91 Å². The van der Waals surface area contributed by atoms with E-state index < -0.39 is 53.6 Å². The number of aliphatic hydroxyl groups is 1. The number of rotatable bonds is 22. The Morgan fingerprint density at radius 3 is 1.31 bits per heavy atom. The van der Waals surface area contributed by atoms with Crippen LogP contribution in [0.1, 0.15) is 240 Å². The lowest BCUT2D eigenvalue weighted by molar-refractivity contribution is -0.176. The number of hydrogen-bond acceptors (Lipinski definition) is 32. The van der Waals surface area contributed by atoms with E-state index in [-0.39, 0.29) is 106 Å². The number of aldehydes is 1. The Balaban J connectivity index is -0.000000410. The van der Waals surface area contributed by atoms with Crippen molar-refractivity contribution in [3.05, 3.63) is 83.6 Å². The van der Waals surface area contributed by atoms with Gasteiger partial charge in [0.1, 0.15) is 35.6 Å². The van der Waals surface area contributed by atoms with Crippen LogP contribution in [0.2, 0.25) is 0 Å². The van der Waals surface area contributed by atoms with Crippen LogP contribution in [0.3, 0.4) is 0 Å². The molecule has 0 aliphatic heterocycles. The van der Waals surface area contributed by atoms with Gasteiger partial charge in [0.25, 0.3) is 0 Å². The summed E-state index contributed by atoms with van der Waals surface area (Å²) < 4.78 is 45.8. The van der Waals surface area contributed by atoms with Gasteiger partial charge < -0.3 is 67.6 Å². The van der Waals surface area contributed by atoms with Crippen molar-refractivity contribution in [2.45, 2.75) is 214 Å².